The van der Waals surface area contributed by atoms with E-state index in [1.54, 1.807) is 0 Å². The third kappa shape index (κ3) is 3.46. The number of alkyl halides is 9. The summed E-state index contributed by atoms with van der Waals surface area (Å²) in [6.07, 6.45) is -7.00. The first-order valence-corrected chi connectivity index (χ1v) is 7.63. The van der Waals surface area contributed by atoms with Gasteiger partial charge in [0.1, 0.15) is 5.82 Å². The average Bonchev–Trinajstić information content (AvgIpc) is 2.60. The standard InChI is InChI=1S/C15H12F10N2O/c16-9-3-1-2-4-10(9)26-5-7-27(8-6-26)11(28)12(17,18)13(19,20)14(21,22)15(23,24)25/h1-4H,5-8H2. The lowest BCUT2D eigenvalue weighted by atomic mass is 10.0. The van der Waals surface area contributed by atoms with Gasteiger partial charge in [-0.25, -0.2) is 4.39 Å². The number of hydrogen-bond acceptors (Lipinski definition) is 2. The van der Waals surface area contributed by atoms with E-state index in [2.05, 4.69) is 0 Å². The van der Waals surface area contributed by atoms with E-state index in [1.807, 2.05) is 0 Å². The topological polar surface area (TPSA) is 23.6 Å². The number of hydrogen-bond donors (Lipinski definition) is 0. The molecule has 1 amide bonds. The largest absolute Gasteiger partial charge is 0.460 e. The summed E-state index contributed by atoms with van der Waals surface area (Å²) in [6, 6.07) is 5.21. The second-order valence-electron chi connectivity index (χ2n) is 5.95. The molecule has 1 heterocycles. The summed E-state index contributed by atoms with van der Waals surface area (Å²) >= 11 is 0. The van der Waals surface area contributed by atoms with Gasteiger partial charge in [-0.15, -0.1) is 0 Å². The Hall–Kier alpha value is -2.21. The zero-order valence-electron chi connectivity index (χ0n) is 13.7. The van der Waals surface area contributed by atoms with Crippen molar-refractivity contribution < 1.29 is 48.7 Å². The van der Waals surface area contributed by atoms with Crippen LogP contribution in [0.2, 0.25) is 0 Å². The van der Waals surface area contributed by atoms with Crippen LogP contribution in [-0.4, -0.2) is 60.9 Å². The molecule has 0 aliphatic carbocycles. The van der Waals surface area contributed by atoms with E-state index in [4.69, 9.17) is 0 Å². The Morgan fingerprint density at radius 3 is 1.75 bits per heavy atom. The number of carbonyl (C=O) groups is 1. The third-order valence-corrected chi connectivity index (χ3v) is 4.17. The van der Waals surface area contributed by atoms with Gasteiger partial charge in [-0.2, -0.15) is 39.5 Å². The number of para-hydroxylation sites is 1. The number of amides is 1. The molecule has 1 aliphatic heterocycles. The lowest BCUT2D eigenvalue weighted by Gasteiger charge is -2.39. The zero-order valence-corrected chi connectivity index (χ0v) is 13.7. The Morgan fingerprint density at radius 2 is 1.29 bits per heavy atom. The van der Waals surface area contributed by atoms with Gasteiger partial charge in [0.15, 0.2) is 0 Å². The third-order valence-electron chi connectivity index (χ3n) is 4.17. The highest BCUT2D eigenvalue weighted by molar-refractivity contribution is 5.85. The summed E-state index contributed by atoms with van der Waals surface area (Å²) in [4.78, 5) is 13.0. The lowest BCUT2D eigenvalue weighted by Crippen LogP contribution is -2.66. The molecule has 0 aromatic heterocycles. The van der Waals surface area contributed by atoms with Crippen molar-refractivity contribution in [2.45, 2.75) is 23.9 Å². The van der Waals surface area contributed by atoms with Crippen molar-refractivity contribution in [2.24, 2.45) is 0 Å². The van der Waals surface area contributed by atoms with Crippen LogP contribution in [0.25, 0.3) is 0 Å². The van der Waals surface area contributed by atoms with Crippen LogP contribution >= 0.6 is 0 Å². The van der Waals surface area contributed by atoms with Crippen LogP contribution < -0.4 is 4.90 Å². The van der Waals surface area contributed by atoms with Crippen molar-refractivity contribution in [3.05, 3.63) is 30.1 Å². The van der Waals surface area contributed by atoms with Crippen molar-refractivity contribution in [1.29, 1.82) is 0 Å². The van der Waals surface area contributed by atoms with E-state index in [-0.39, 0.29) is 23.7 Å². The first kappa shape index (κ1) is 22.1. The maximum Gasteiger partial charge on any atom is 0.460 e. The van der Waals surface area contributed by atoms with Gasteiger partial charge in [-0.3, -0.25) is 4.79 Å². The minimum absolute atomic E-state index is 0.0234. The summed E-state index contributed by atoms with van der Waals surface area (Å²) in [6.45, 7) is -2.08. The normalized spacial score (nSPS) is 17.1. The van der Waals surface area contributed by atoms with Gasteiger partial charge in [-0.05, 0) is 12.1 Å². The van der Waals surface area contributed by atoms with Crippen LogP contribution in [0.1, 0.15) is 0 Å². The lowest BCUT2D eigenvalue weighted by molar-refractivity contribution is -0.389. The fourth-order valence-electron chi connectivity index (χ4n) is 2.57. The van der Waals surface area contributed by atoms with Crippen LogP contribution in [0.3, 0.4) is 0 Å². The molecular formula is C15H12F10N2O. The van der Waals surface area contributed by atoms with E-state index >= 15 is 0 Å². The minimum Gasteiger partial charge on any atom is -0.366 e. The van der Waals surface area contributed by atoms with E-state index < -0.39 is 48.8 Å². The summed E-state index contributed by atoms with van der Waals surface area (Å²) in [7, 11) is 0. The molecule has 0 radical (unpaired) electrons. The number of piperazine rings is 1. The van der Waals surface area contributed by atoms with E-state index in [0.29, 0.717) is 0 Å². The molecule has 1 aromatic carbocycles. The predicted molar refractivity (Wildman–Crippen MR) is 76.1 cm³/mol. The summed E-state index contributed by atoms with van der Waals surface area (Å²) in [5.74, 6) is -24.0. The first-order valence-electron chi connectivity index (χ1n) is 7.63. The minimum atomic E-state index is -7.13. The number of carbonyl (C=O) groups excluding carboxylic acids is 1. The smallest absolute Gasteiger partial charge is 0.366 e. The SMILES string of the molecule is O=C(N1CCN(c2ccccc2F)CC1)C(F)(F)C(F)(F)C(F)(F)C(F)(F)F. The van der Waals surface area contributed by atoms with Crippen LogP contribution in [0.15, 0.2) is 24.3 Å². The van der Waals surface area contributed by atoms with Crippen molar-refractivity contribution in [2.75, 3.05) is 31.1 Å². The first-order chi connectivity index (χ1) is 12.6. The van der Waals surface area contributed by atoms with Gasteiger partial charge in [0.05, 0.1) is 5.69 Å². The Balaban J connectivity index is 2.17. The second kappa shape index (κ2) is 6.99. The Kier molecular flexibility index (Phi) is 5.52. The van der Waals surface area contributed by atoms with Crippen molar-refractivity contribution in [3.63, 3.8) is 0 Å². The van der Waals surface area contributed by atoms with Crippen LogP contribution in [0.4, 0.5) is 49.6 Å². The molecule has 0 unspecified atom stereocenters. The monoisotopic (exact) mass is 426 g/mol. The van der Waals surface area contributed by atoms with Crippen molar-refractivity contribution >= 4 is 11.6 Å². The zero-order chi connectivity index (χ0) is 21.5. The maximum atomic E-state index is 13.7. The molecule has 1 aromatic rings. The fraction of sp³-hybridized carbons (Fsp3) is 0.533. The Bertz CT molecular complexity index is 726. The molecule has 28 heavy (non-hydrogen) atoms. The molecule has 0 N–H and O–H groups in total. The van der Waals surface area contributed by atoms with Crippen LogP contribution in [-0.2, 0) is 4.79 Å². The molecule has 0 saturated carbocycles. The van der Waals surface area contributed by atoms with Crippen LogP contribution in [0.5, 0.6) is 0 Å². The molecule has 0 spiro atoms. The number of nitrogens with zero attached hydrogens (tertiary/aromatic N) is 2. The van der Waals surface area contributed by atoms with Gasteiger partial charge in [0.2, 0.25) is 0 Å². The molecule has 1 aliphatic rings. The van der Waals surface area contributed by atoms with Crippen molar-refractivity contribution in [3.8, 4) is 0 Å². The van der Waals surface area contributed by atoms with E-state index in [9.17, 15) is 48.7 Å². The van der Waals surface area contributed by atoms with Gasteiger partial charge >= 0.3 is 23.9 Å². The summed E-state index contributed by atoms with van der Waals surface area (Å²) in [5, 5.41) is 0. The molecule has 1 fully saturated rings. The van der Waals surface area contributed by atoms with Gasteiger partial charge in [0.25, 0.3) is 5.91 Å². The highest BCUT2D eigenvalue weighted by Gasteiger charge is 2.84. The van der Waals surface area contributed by atoms with Crippen molar-refractivity contribution in [1.82, 2.24) is 4.90 Å². The number of anilines is 1. The molecule has 1 saturated heterocycles. The molecule has 13 heteroatoms. The van der Waals surface area contributed by atoms with Gasteiger partial charge in [0, 0.05) is 26.2 Å². The fourth-order valence-corrected chi connectivity index (χ4v) is 2.57. The summed E-state index contributed by atoms with van der Waals surface area (Å²) in [5.41, 5.74) is 0.0234. The molecule has 3 nitrogen and oxygen atoms in total. The Labute approximate surface area is 151 Å². The molecular weight excluding hydrogens is 414 g/mol. The second-order valence-corrected chi connectivity index (χ2v) is 5.95. The van der Waals surface area contributed by atoms with E-state index in [1.165, 1.54) is 23.1 Å². The quantitative estimate of drug-likeness (QED) is 0.682. The highest BCUT2D eigenvalue weighted by atomic mass is 19.4. The predicted octanol–water partition coefficient (Wildman–Crippen LogP) is 3.94. The maximum absolute atomic E-state index is 13.7. The highest BCUT2D eigenvalue weighted by Crippen LogP contribution is 2.53. The Morgan fingerprint density at radius 1 is 0.786 bits per heavy atom. The van der Waals surface area contributed by atoms with Gasteiger partial charge in [-0.1, -0.05) is 12.1 Å². The van der Waals surface area contributed by atoms with E-state index in [0.717, 1.165) is 6.07 Å². The molecule has 0 atom stereocenters. The van der Waals surface area contributed by atoms with Gasteiger partial charge < -0.3 is 9.80 Å². The number of rotatable bonds is 4. The number of benzene rings is 1. The number of halogens is 10. The molecule has 0 bridgehead atoms. The summed E-state index contributed by atoms with van der Waals surface area (Å²) < 4.78 is 130. The average molecular weight is 426 g/mol. The molecule has 158 valence electrons. The molecule has 2 rings (SSSR count). The van der Waals surface area contributed by atoms with Crippen LogP contribution in [0, 0.1) is 5.82 Å².